The predicted molar refractivity (Wildman–Crippen MR) is 99.4 cm³/mol. The van der Waals surface area contributed by atoms with Crippen molar-refractivity contribution in [1.82, 2.24) is 0 Å². The lowest BCUT2D eigenvalue weighted by molar-refractivity contribution is 0.297. The Kier molecular flexibility index (Phi) is 4.59. The highest BCUT2D eigenvalue weighted by molar-refractivity contribution is 5.92. The number of nitrogens with one attached hydrogen (secondary N) is 1. The standard InChI is InChI=1S/C20H21F2N3O2/c21-13-2-4-15(16(22)10-13)20(6-7-20)12-24-19(23)25-14-3-5-17-18(11-14)27-9-1-8-26-17/h2-5,10-11H,1,6-9,12H2,(H3,23,24,25). The van der Waals surface area contributed by atoms with Gasteiger partial charge < -0.3 is 20.5 Å². The summed E-state index contributed by atoms with van der Waals surface area (Å²) in [6.45, 7) is 1.58. The van der Waals surface area contributed by atoms with Gasteiger partial charge in [0.15, 0.2) is 17.5 Å². The van der Waals surface area contributed by atoms with Gasteiger partial charge in [-0.2, -0.15) is 0 Å². The molecule has 0 bridgehead atoms. The van der Waals surface area contributed by atoms with E-state index in [-0.39, 0.29) is 5.96 Å². The van der Waals surface area contributed by atoms with E-state index in [0.29, 0.717) is 36.8 Å². The molecule has 1 aliphatic carbocycles. The van der Waals surface area contributed by atoms with E-state index in [1.165, 1.54) is 12.1 Å². The summed E-state index contributed by atoms with van der Waals surface area (Å²) in [5, 5.41) is 3.03. The highest BCUT2D eigenvalue weighted by atomic mass is 19.1. The molecular formula is C20H21F2N3O2. The Morgan fingerprint density at radius 3 is 2.59 bits per heavy atom. The van der Waals surface area contributed by atoms with E-state index in [1.807, 2.05) is 18.2 Å². The molecule has 4 rings (SSSR count). The number of guanidine groups is 1. The quantitative estimate of drug-likeness (QED) is 0.635. The van der Waals surface area contributed by atoms with Crippen LogP contribution in [-0.2, 0) is 5.41 Å². The molecule has 0 saturated heterocycles. The molecule has 7 heteroatoms. The summed E-state index contributed by atoms with van der Waals surface area (Å²) in [7, 11) is 0. The molecule has 0 radical (unpaired) electrons. The molecule has 5 nitrogen and oxygen atoms in total. The highest BCUT2D eigenvalue weighted by Crippen LogP contribution is 2.49. The largest absolute Gasteiger partial charge is 0.490 e. The number of ether oxygens (including phenoxy) is 2. The van der Waals surface area contributed by atoms with Crippen molar-refractivity contribution in [2.75, 3.05) is 25.1 Å². The summed E-state index contributed by atoms with van der Waals surface area (Å²) in [5.41, 5.74) is 6.84. The van der Waals surface area contributed by atoms with Crippen molar-refractivity contribution in [3.05, 3.63) is 53.6 Å². The number of nitrogens with two attached hydrogens (primary N) is 1. The first-order valence-electron chi connectivity index (χ1n) is 8.98. The second-order valence-electron chi connectivity index (χ2n) is 6.94. The van der Waals surface area contributed by atoms with Gasteiger partial charge in [0, 0.05) is 29.7 Å². The summed E-state index contributed by atoms with van der Waals surface area (Å²) < 4.78 is 38.5. The van der Waals surface area contributed by atoms with Crippen LogP contribution in [0.25, 0.3) is 0 Å². The molecule has 27 heavy (non-hydrogen) atoms. The Morgan fingerprint density at radius 2 is 1.85 bits per heavy atom. The zero-order valence-electron chi connectivity index (χ0n) is 14.8. The number of anilines is 1. The van der Waals surface area contributed by atoms with Gasteiger partial charge in [-0.1, -0.05) is 6.07 Å². The average molecular weight is 373 g/mol. The van der Waals surface area contributed by atoms with Crippen LogP contribution in [0.4, 0.5) is 14.5 Å². The molecule has 2 aromatic carbocycles. The first-order chi connectivity index (χ1) is 13.1. The summed E-state index contributed by atoms with van der Waals surface area (Å²) >= 11 is 0. The van der Waals surface area contributed by atoms with Gasteiger partial charge in [-0.25, -0.2) is 8.78 Å². The van der Waals surface area contributed by atoms with Gasteiger partial charge >= 0.3 is 0 Å². The number of aliphatic imine (C=N–C) groups is 1. The molecule has 3 N–H and O–H groups in total. The van der Waals surface area contributed by atoms with Crippen LogP contribution < -0.4 is 20.5 Å². The molecule has 0 spiro atoms. The number of benzene rings is 2. The molecule has 142 valence electrons. The number of hydrogen-bond donors (Lipinski definition) is 2. The summed E-state index contributed by atoms with van der Waals surface area (Å²) in [6, 6.07) is 9.17. The zero-order chi connectivity index (χ0) is 18.9. The maximum Gasteiger partial charge on any atom is 0.193 e. The Balaban J connectivity index is 1.45. The third kappa shape index (κ3) is 3.82. The van der Waals surface area contributed by atoms with E-state index in [2.05, 4.69) is 10.3 Å². The average Bonchev–Trinajstić information content (AvgIpc) is 3.44. The zero-order valence-corrected chi connectivity index (χ0v) is 14.8. The molecule has 1 fully saturated rings. The molecule has 1 saturated carbocycles. The van der Waals surface area contributed by atoms with Crippen LogP contribution in [0.5, 0.6) is 11.5 Å². The van der Waals surface area contributed by atoms with Crippen LogP contribution in [0, 0.1) is 11.6 Å². The molecule has 0 amide bonds. The van der Waals surface area contributed by atoms with Gasteiger partial charge in [-0.05, 0) is 36.6 Å². The van der Waals surface area contributed by atoms with Gasteiger partial charge in [0.05, 0.1) is 19.8 Å². The highest BCUT2D eigenvalue weighted by Gasteiger charge is 2.46. The Hall–Kier alpha value is -2.83. The van der Waals surface area contributed by atoms with Crippen LogP contribution in [-0.4, -0.2) is 25.7 Å². The maximum absolute atomic E-state index is 14.1. The molecule has 0 unspecified atom stereocenters. The van der Waals surface area contributed by atoms with Crippen LogP contribution in [0.2, 0.25) is 0 Å². The fourth-order valence-corrected chi connectivity index (χ4v) is 3.25. The lowest BCUT2D eigenvalue weighted by atomic mass is 9.95. The summed E-state index contributed by atoms with van der Waals surface area (Å²) in [6.07, 6.45) is 2.44. The first kappa shape index (κ1) is 17.6. The molecular weight excluding hydrogens is 352 g/mol. The normalized spacial score (nSPS) is 17.9. The second kappa shape index (κ2) is 7.06. The van der Waals surface area contributed by atoms with Gasteiger partial charge in [0.2, 0.25) is 0 Å². The van der Waals surface area contributed by atoms with Gasteiger partial charge in [0.1, 0.15) is 11.6 Å². The van der Waals surface area contributed by atoms with E-state index < -0.39 is 17.0 Å². The van der Waals surface area contributed by atoms with Gasteiger partial charge in [0.25, 0.3) is 0 Å². The van der Waals surface area contributed by atoms with Gasteiger partial charge in [-0.3, -0.25) is 4.99 Å². The molecule has 2 aromatic rings. The number of rotatable bonds is 4. The van der Waals surface area contributed by atoms with Gasteiger partial charge in [-0.15, -0.1) is 0 Å². The van der Waals surface area contributed by atoms with Crippen LogP contribution >= 0.6 is 0 Å². The summed E-state index contributed by atoms with van der Waals surface area (Å²) in [5.74, 6) is 0.496. The fraction of sp³-hybridized carbons (Fsp3) is 0.350. The second-order valence-corrected chi connectivity index (χ2v) is 6.94. The van der Waals surface area contributed by atoms with Crippen LogP contribution in [0.1, 0.15) is 24.8 Å². The Bertz CT molecular complexity index is 882. The minimum atomic E-state index is -0.578. The first-order valence-corrected chi connectivity index (χ1v) is 8.98. The van der Waals surface area contributed by atoms with Crippen molar-refractivity contribution in [3.8, 4) is 11.5 Å². The number of fused-ring (bicyclic) bond motifs is 1. The van der Waals surface area contributed by atoms with E-state index >= 15 is 0 Å². The number of halogens is 2. The van der Waals surface area contributed by atoms with Crippen molar-refractivity contribution >= 4 is 11.6 Å². The third-order valence-corrected chi connectivity index (χ3v) is 4.93. The SMILES string of the molecule is NC(=NCC1(c2ccc(F)cc2F)CC1)Nc1ccc2c(c1)OCCCO2. The lowest BCUT2D eigenvalue weighted by Gasteiger charge is -2.15. The van der Waals surface area contributed by atoms with Crippen molar-refractivity contribution in [1.29, 1.82) is 0 Å². The lowest BCUT2D eigenvalue weighted by Crippen LogP contribution is -2.25. The van der Waals surface area contributed by atoms with Crippen molar-refractivity contribution in [2.45, 2.75) is 24.7 Å². The Labute approximate surface area is 156 Å². The molecule has 0 atom stereocenters. The van der Waals surface area contributed by atoms with E-state index in [0.717, 1.165) is 31.0 Å². The Morgan fingerprint density at radius 1 is 1.07 bits per heavy atom. The number of hydrogen-bond acceptors (Lipinski definition) is 3. The van der Waals surface area contributed by atoms with Crippen LogP contribution in [0.3, 0.4) is 0 Å². The molecule has 1 aliphatic heterocycles. The van der Waals surface area contributed by atoms with Crippen molar-refractivity contribution in [2.24, 2.45) is 10.7 Å². The predicted octanol–water partition coefficient (Wildman–Crippen LogP) is 3.58. The van der Waals surface area contributed by atoms with Crippen molar-refractivity contribution in [3.63, 3.8) is 0 Å². The monoisotopic (exact) mass is 373 g/mol. The number of nitrogens with zero attached hydrogens (tertiary/aromatic N) is 1. The summed E-state index contributed by atoms with van der Waals surface area (Å²) in [4.78, 5) is 4.37. The smallest absolute Gasteiger partial charge is 0.193 e. The fourth-order valence-electron chi connectivity index (χ4n) is 3.25. The molecule has 1 heterocycles. The molecule has 2 aliphatic rings. The maximum atomic E-state index is 14.1. The molecule has 0 aromatic heterocycles. The minimum absolute atomic E-state index is 0.235. The van der Waals surface area contributed by atoms with E-state index in [4.69, 9.17) is 15.2 Å². The topological polar surface area (TPSA) is 68.9 Å². The van der Waals surface area contributed by atoms with Crippen LogP contribution in [0.15, 0.2) is 41.4 Å². The van der Waals surface area contributed by atoms with E-state index in [1.54, 1.807) is 0 Å². The third-order valence-electron chi connectivity index (χ3n) is 4.93. The van der Waals surface area contributed by atoms with Crippen molar-refractivity contribution < 1.29 is 18.3 Å². The van der Waals surface area contributed by atoms with E-state index in [9.17, 15) is 8.78 Å². The minimum Gasteiger partial charge on any atom is -0.490 e.